The lowest BCUT2D eigenvalue weighted by atomic mass is 9.93. The third-order valence-electron chi connectivity index (χ3n) is 6.50. The number of hydrogen-bond acceptors (Lipinski definition) is 5. The Morgan fingerprint density at radius 1 is 1.04 bits per heavy atom. The van der Waals surface area contributed by atoms with Crippen molar-refractivity contribution in [1.82, 2.24) is 30.0 Å². The van der Waals surface area contributed by atoms with Crippen LogP contribution in [0.5, 0.6) is 0 Å². The average molecular weight is 349 g/mol. The van der Waals surface area contributed by atoms with Gasteiger partial charge in [0.05, 0.1) is 11.6 Å². The Bertz CT molecular complexity index is 526. The molecule has 0 aromatic carbocycles. The molecule has 1 atom stereocenters. The molecule has 142 valence electrons. The van der Waals surface area contributed by atoms with Crippen LogP contribution in [0.15, 0.2) is 0 Å². The highest BCUT2D eigenvalue weighted by Crippen LogP contribution is 2.30. The molecule has 3 rings (SSSR count). The largest absolute Gasteiger partial charge is 0.298 e. The average Bonchev–Trinajstić information content (AvgIpc) is 3.14. The summed E-state index contributed by atoms with van der Waals surface area (Å²) in [7, 11) is 0. The zero-order valence-electron chi connectivity index (χ0n) is 16.6. The van der Waals surface area contributed by atoms with E-state index in [2.05, 4.69) is 57.7 Å². The SMILES string of the molecule is CC[C@H](c1nnnn1C(C)(C)CC)N1CCN(C2CCCCC2)CC1. The summed E-state index contributed by atoms with van der Waals surface area (Å²) in [6.07, 6.45) is 9.16. The first-order valence-corrected chi connectivity index (χ1v) is 10.3. The molecule has 0 N–H and O–H groups in total. The van der Waals surface area contributed by atoms with Crippen molar-refractivity contribution in [2.45, 2.75) is 90.3 Å². The van der Waals surface area contributed by atoms with Crippen molar-refractivity contribution in [2.75, 3.05) is 26.2 Å². The molecule has 1 aromatic heterocycles. The van der Waals surface area contributed by atoms with Gasteiger partial charge in [0, 0.05) is 32.2 Å². The first-order chi connectivity index (χ1) is 12.1. The standard InChI is InChI=1S/C19H36N6/c1-5-17(18-20-21-22-25(18)19(3,4)6-2)24-14-12-23(13-15-24)16-10-8-7-9-11-16/h16-17H,5-15H2,1-4H3/t17-/m1/s1. The molecule has 1 aliphatic carbocycles. The highest BCUT2D eigenvalue weighted by Gasteiger charge is 2.33. The number of tetrazole rings is 1. The summed E-state index contributed by atoms with van der Waals surface area (Å²) < 4.78 is 2.06. The second kappa shape index (κ2) is 8.12. The van der Waals surface area contributed by atoms with Crippen LogP contribution in [-0.2, 0) is 5.54 Å². The van der Waals surface area contributed by atoms with Crippen molar-refractivity contribution >= 4 is 0 Å². The molecule has 6 heteroatoms. The van der Waals surface area contributed by atoms with E-state index in [1.54, 1.807) is 0 Å². The van der Waals surface area contributed by atoms with Gasteiger partial charge in [-0.15, -0.1) is 5.10 Å². The Morgan fingerprint density at radius 3 is 2.32 bits per heavy atom. The molecule has 25 heavy (non-hydrogen) atoms. The predicted octanol–water partition coefficient (Wildman–Crippen LogP) is 3.22. The van der Waals surface area contributed by atoms with Gasteiger partial charge in [-0.25, -0.2) is 4.68 Å². The third kappa shape index (κ3) is 4.05. The lowest BCUT2D eigenvalue weighted by Crippen LogP contribution is -2.52. The van der Waals surface area contributed by atoms with Gasteiger partial charge in [0.25, 0.3) is 0 Å². The molecular formula is C19H36N6. The van der Waals surface area contributed by atoms with E-state index in [0.717, 1.165) is 37.8 Å². The van der Waals surface area contributed by atoms with E-state index in [9.17, 15) is 0 Å². The van der Waals surface area contributed by atoms with Crippen molar-refractivity contribution in [2.24, 2.45) is 0 Å². The van der Waals surface area contributed by atoms with Crippen molar-refractivity contribution < 1.29 is 0 Å². The lowest BCUT2D eigenvalue weighted by Gasteiger charge is -2.43. The fourth-order valence-corrected chi connectivity index (χ4v) is 4.45. The molecule has 1 aliphatic heterocycles. The third-order valence-corrected chi connectivity index (χ3v) is 6.50. The van der Waals surface area contributed by atoms with E-state index in [1.165, 1.54) is 45.2 Å². The second-order valence-corrected chi connectivity index (χ2v) is 8.40. The minimum absolute atomic E-state index is 0.0316. The smallest absolute Gasteiger partial charge is 0.168 e. The predicted molar refractivity (Wildman–Crippen MR) is 100 cm³/mol. The summed E-state index contributed by atoms with van der Waals surface area (Å²) in [5.74, 6) is 1.04. The summed E-state index contributed by atoms with van der Waals surface area (Å²) in [6.45, 7) is 13.6. The molecule has 2 heterocycles. The van der Waals surface area contributed by atoms with Gasteiger partial charge in [-0.05, 0) is 50.0 Å². The number of hydrogen-bond donors (Lipinski definition) is 0. The van der Waals surface area contributed by atoms with Crippen LogP contribution in [-0.4, -0.2) is 62.2 Å². The van der Waals surface area contributed by atoms with Crippen LogP contribution >= 0.6 is 0 Å². The first-order valence-electron chi connectivity index (χ1n) is 10.3. The van der Waals surface area contributed by atoms with E-state index in [4.69, 9.17) is 0 Å². The van der Waals surface area contributed by atoms with E-state index < -0.39 is 0 Å². The fraction of sp³-hybridized carbons (Fsp3) is 0.947. The maximum atomic E-state index is 4.43. The second-order valence-electron chi connectivity index (χ2n) is 8.40. The molecular weight excluding hydrogens is 312 g/mol. The summed E-state index contributed by atoms with van der Waals surface area (Å²) in [5, 5.41) is 12.8. The van der Waals surface area contributed by atoms with Crippen LogP contribution in [0.2, 0.25) is 0 Å². The molecule has 0 bridgehead atoms. The number of aromatic nitrogens is 4. The number of nitrogens with zero attached hydrogens (tertiary/aromatic N) is 6. The normalized spacial score (nSPS) is 23.0. The lowest BCUT2D eigenvalue weighted by molar-refractivity contribution is 0.0499. The Morgan fingerprint density at radius 2 is 1.72 bits per heavy atom. The maximum absolute atomic E-state index is 4.43. The molecule has 1 aromatic rings. The van der Waals surface area contributed by atoms with Gasteiger partial charge in [-0.2, -0.15) is 0 Å². The van der Waals surface area contributed by atoms with Crippen molar-refractivity contribution in [1.29, 1.82) is 0 Å². The zero-order valence-corrected chi connectivity index (χ0v) is 16.6. The van der Waals surface area contributed by atoms with Crippen molar-refractivity contribution in [3.8, 4) is 0 Å². The quantitative estimate of drug-likeness (QED) is 0.790. The van der Waals surface area contributed by atoms with Crippen LogP contribution < -0.4 is 0 Å². The summed E-state index contributed by atoms with van der Waals surface area (Å²) >= 11 is 0. The molecule has 1 saturated carbocycles. The molecule has 0 radical (unpaired) electrons. The van der Waals surface area contributed by atoms with Crippen LogP contribution in [0, 0.1) is 0 Å². The summed E-state index contributed by atoms with van der Waals surface area (Å²) in [4.78, 5) is 5.34. The molecule has 1 saturated heterocycles. The molecule has 2 fully saturated rings. The van der Waals surface area contributed by atoms with Crippen LogP contribution in [0.3, 0.4) is 0 Å². The Hall–Kier alpha value is -1.01. The Labute approximate surface area is 152 Å². The minimum atomic E-state index is -0.0316. The van der Waals surface area contributed by atoms with Gasteiger partial charge in [0.15, 0.2) is 5.82 Å². The maximum Gasteiger partial charge on any atom is 0.168 e. The molecule has 0 unspecified atom stereocenters. The number of rotatable bonds is 6. The summed E-state index contributed by atoms with van der Waals surface area (Å²) in [5.41, 5.74) is -0.0316. The van der Waals surface area contributed by atoms with Gasteiger partial charge in [0.2, 0.25) is 0 Å². The molecule has 0 amide bonds. The molecule has 6 nitrogen and oxygen atoms in total. The van der Waals surface area contributed by atoms with Gasteiger partial charge in [0.1, 0.15) is 0 Å². The van der Waals surface area contributed by atoms with E-state index in [1.807, 2.05) is 0 Å². The topological polar surface area (TPSA) is 50.1 Å². The van der Waals surface area contributed by atoms with Gasteiger partial charge in [-0.3, -0.25) is 9.80 Å². The van der Waals surface area contributed by atoms with Crippen molar-refractivity contribution in [3.63, 3.8) is 0 Å². The van der Waals surface area contributed by atoms with E-state index in [-0.39, 0.29) is 5.54 Å². The first kappa shape index (κ1) is 18.8. The highest BCUT2D eigenvalue weighted by molar-refractivity contribution is 4.98. The van der Waals surface area contributed by atoms with Crippen molar-refractivity contribution in [3.05, 3.63) is 5.82 Å². The molecule has 0 spiro atoms. The van der Waals surface area contributed by atoms with Gasteiger partial charge in [-0.1, -0.05) is 33.1 Å². The van der Waals surface area contributed by atoms with Crippen LogP contribution in [0.4, 0.5) is 0 Å². The van der Waals surface area contributed by atoms with E-state index in [0.29, 0.717) is 6.04 Å². The van der Waals surface area contributed by atoms with Gasteiger partial charge < -0.3 is 0 Å². The fourth-order valence-electron chi connectivity index (χ4n) is 4.45. The Balaban J connectivity index is 1.66. The zero-order chi connectivity index (χ0) is 17.9. The highest BCUT2D eigenvalue weighted by atomic mass is 15.6. The number of piperazine rings is 1. The minimum Gasteiger partial charge on any atom is -0.298 e. The van der Waals surface area contributed by atoms with Crippen LogP contribution in [0.1, 0.15) is 84.5 Å². The monoisotopic (exact) mass is 348 g/mol. The van der Waals surface area contributed by atoms with E-state index >= 15 is 0 Å². The summed E-state index contributed by atoms with van der Waals surface area (Å²) in [6, 6.07) is 1.16. The molecule has 2 aliphatic rings. The Kier molecular flexibility index (Phi) is 6.10. The van der Waals surface area contributed by atoms with Crippen LogP contribution in [0.25, 0.3) is 0 Å². The van der Waals surface area contributed by atoms with Gasteiger partial charge >= 0.3 is 0 Å².